The first-order chi connectivity index (χ1) is 18.4. The highest BCUT2D eigenvalue weighted by molar-refractivity contribution is 7.16. The van der Waals surface area contributed by atoms with E-state index in [4.69, 9.17) is 11.6 Å². The lowest BCUT2D eigenvalue weighted by molar-refractivity contribution is 0.0941. The largest absolute Gasteiger partial charge is 0.365 e. The van der Waals surface area contributed by atoms with Crippen molar-refractivity contribution in [1.82, 2.24) is 19.3 Å². The summed E-state index contributed by atoms with van der Waals surface area (Å²) in [5.74, 6) is -1.27. The number of pyridine rings is 2. The van der Waals surface area contributed by atoms with Crippen LogP contribution in [-0.4, -0.2) is 31.0 Å². The van der Waals surface area contributed by atoms with E-state index in [1.807, 2.05) is 6.07 Å². The van der Waals surface area contributed by atoms with Crippen LogP contribution in [0.3, 0.4) is 0 Å². The SMILES string of the molecule is O=C(Cn1cc(-c2cc(NCc3ccc(Cl)s3)n(C(=O)c3ccccc3F)n2)ccc1=O)c1ccncc1. The Morgan fingerprint density at radius 3 is 2.55 bits per heavy atom. The highest BCUT2D eigenvalue weighted by atomic mass is 35.5. The minimum absolute atomic E-state index is 0.141. The van der Waals surface area contributed by atoms with Gasteiger partial charge >= 0.3 is 0 Å². The van der Waals surface area contributed by atoms with Crippen LogP contribution in [0.5, 0.6) is 0 Å². The number of hydrogen-bond acceptors (Lipinski definition) is 7. The van der Waals surface area contributed by atoms with Gasteiger partial charge in [0.1, 0.15) is 11.6 Å². The second-order valence-electron chi connectivity index (χ2n) is 8.21. The van der Waals surface area contributed by atoms with Crippen LogP contribution in [0.4, 0.5) is 10.2 Å². The average molecular weight is 548 g/mol. The molecule has 1 aromatic carbocycles. The van der Waals surface area contributed by atoms with Crippen molar-refractivity contribution in [2.24, 2.45) is 0 Å². The molecule has 0 aliphatic heterocycles. The van der Waals surface area contributed by atoms with E-state index in [-0.39, 0.29) is 23.5 Å². The molecule has 0 aliphatic rings. The van der Waals surface area contributed by atoms with Gasteiger partial charge in [-0.15, -0.1) is 11.3 Å². The van der Waals surface area contributed by atoms with Crippen molar-refractivity contribution in [3.63, 3.8) is 0 Å². The Morgan fingerprint density at radius 2 is 1.82 bits per heavy atom. The molecule has 0 saturated carbocycles. The van der Waals surface area contributed by atoms with Crippen LogP contribution >= 0.6 is 22.9 Å². The molecule has 0 amide bonds. The van der Waals surface area contributed by atoms with Crippen molar-refractivity contribution >= 4 is 40.4 Å². The number of thiophene rings is 1. The molecule has 0 atom stereocenters. The van der Waals surface area contributed by atoms with Gasteiger partial charge in [0.25, 0.3) is 11.5 Å². The Balaban J connectivity index is 1.50. The molecule has 4 aromatic heterocycles. The van der Waals surface area contributed by atoms with E-state index in [9.17, 15) is 18.8 Å². The summed E-state index contributed by atoms with van der Waals surface area (Å²) in [6, 6.07) is 16.9. The maximum atomic E-state index is 14.4. The molecular weight excluding hydrogens is 529 g/mol. The number of rotatable bonds is 8. The molecule has 5 rings (SSSR count). The van der Waals surface area contributed by atoms with Gasteiger partial charge in [-0.3, -0.25) is 19.4 Å². The summed E-state index contributed by atoms with van der Waals surface area (Å²) >= 11 is 7.42. The number of nitrogens with zero attached hydrogens (tertiary/aromatic N) is 4. The summed E-state index contributed by atoms with van der Waals surface area (Å²) in [4.78, 5) is 43.2. The fourth-order valence-electron chi connectivity index (χ4n) is 3.77. The molecule has 190 valence electrons. The number of carbonyl (C=O) groups is 2. The van der Waals surface area contributed by atoms with Crippen LogP contribution in [0.15, 0.2) is 90.1 Å². The van der Waals surface area contributed by atoms with Gasteiger partial charge in [-0.1, -0.05) is 23.7 Å². The Kier molecular flexibility index (Phi) is 7.25. The van der Waals surface area contributed by atoms with Gasteiger partial charge in [0.15, 0.2) is 5.78 Å². The minimum atomic E-state index is -0.672. The van der Waals surface area contributed by atoms with E-state index >= 15 is 0 Å². The molecule has 4 heterocycles. The van der Waals surface area contributed by atoms with Crippen LogP contribution < -0.4 is 10.9 Å². The number of aromatic nitrogens is 4. The maximum absolute atomic E-state index is 14.4. The van der Waals surface area contributed by atoms with Crippen molar-refractivity contribution in [3.05, 3.63) is 122 Å². The smallest absolute Gasteiger partial charge is 0.283 e. The summed E-state index contributed by atoms with van der Waals surface area (Å²) in [6.45, 7) is 0.169. The standard InChI is InChI=1S/C27H19ClFN5O3S/c28-24-7-6-19(38-24)14-31-25-13-22(32-34(25)27(37)20-3-1-2-4-21(20)29)18-5-8-26(36)33(15-18)16-23(35)17-9-11-30-12-10-17/h1-13,15,31H,14,16H2. The fourth-order valence-corrected chi connectivity index (χ4v) is 4.79. The number of benzene rings is 1. The molecule has 0 unspecified atom stereocenters. The molecule has 0 aliphatic carbocycles. The fraction of sp³-hybridized carbons (Fsp3) is 0.0741. The molecule has 5 aromatic rings. The van der Waals surface area contributed by atoms with Crippen LogP contribution in [-0.2, 0) is 13.1 Å². The first-order valence-electron chi connectivity index (χ1n) is 11.4. The van der Waals surface area contributed by atoms with Crippen LogP contribution in [0.2, 0.25) is 4.34 Å². The highest BCUT2D eigenvalue weighted by Crippen LogP contribution is 2.26. The lowest BCUT2D eigenvalue weighted by Crippen LogP contribution is -2.23. The van der Waals surface area contributed by atoms with E-state index in [0.29, 0.717) is 33.5 Å². The van der Waals surface area contributed by atoms with Gasteiger partial charge in [-0.2, -0.15) is 9.78 Å². The minimum Gasteiger partial charge on any atom is -0.365 e. The Bertz CT molecular complexity index is 1700. The van der Waals surface area contributed by atoms with E-state index < -0.39 is 11.7 Å². The Labute approximate surface area is 225 Å². The van der Waals surface area contributed by atoms with Gasteiger partial charge < -0.3 is 9.88 Å². The van der Waals surface area contributed by atoms with Gasteiger partial charge in [0, 0.05) is 46.7 Å². The lowest BCUT2D eigenvalue weighted by atomic mass is 10.1. The summed E-state index contributed by atoms with van der Waals surface area (Å²) in [7, 11) is 0. The van der Waals surface area contributed by atoms with Gasteiger partial charge in [0.2, 0.25) is 0 Å². The molecule has 0 spiro atoms. The third kappa shape index (κ3) is 5.46. The summed E-state index contributed by atoms with van der Waals surface area (Å²) in [5, 5.41) is 7.59. The molecule has 0 fully saturated rings. The normalized spacial score (nSPS) is 10.9. The number of ketones is 1. The van der Waals surface area contributed by atoms with E-state index in [2.05, 4.69) is 15.4 Å². The molecule has 0 saturated heterocycles. The number of hydrogen-bond donors (Lipinski definition) is 1. The zero-order chi connectivity index (χ0) is 26.6. The molecule has 0 radical (unpaired) electrons. The molecule has 11 heteroatoms. The Morgan fingerprint density at radius 1 is 1.03 bits per heavy atom. The van der Waals surface area contributed by atoms with Gasteiger partial charge in [0.05, 0.1) is 28.7 Å². The molecular formula is C27H19ClFN5O3S. The van der Waals surface area contributed by atoms with Crippen molar-refractivity contribution in [2.45, 2.75) is 13.1 Å². The topological polar surface area (TPSA) is 98.9 Å². The Hall–Kier alpha value is -4.41. The quantitative estimate of drug-likeness (QED) is 0.270. The summed E-state index contributed by atoms with van der Waals surface area (Å²) in [5.41, 5.74) is 0.765. The maximum Gasteiger partial charge on any atom is 0.283 e. The van der Waals surface area contributed by atoms with Crippen LogP contribution in [0.1, 0.15) is 25.6 Å². The average Bonchev–Trinajstić information content (AvgIpc) is 3.55. The van der Waals surface area contributed by atoms with E-state index in [0.717, 1.165) is 9.56 Å². The number of halogens is 2. The number of nitrogens with one attached hydrogen (secondary N) is 1. The molecule has 1 N–H and O–H groups in total. The first kappa shape index (κ1) is 25.2. The second-order valence-corrected chi connectivity index (χ2v) is 10.0. The van der Waals surface area contributed by atoms with Crippen molar-refractivity contribution in [3.8, 4) is 11.3 Å². The molecule has 8 nitrogen and oxygen atoms in total. The van der Waals surface area contributed by atoms with Crippen LogP contribution in [0, 0.1) is 5.82 Å². The van der Waals surface area contributed by atoms with E-state index in [1.165, 1.54) is 58.8 Å². The third-order valence-electron chi connectivity index (χ3n) is 5.67. The third-order valence-corrected chi connectivity index (χ3v) is 6.91. The molecule has 38 heavy (non-hydrogen) atoms. The van der Waals surface area contributed by atoms with Crippen molar-refractivity contribution in [2.75, 3.05) is 5.32 Å². The van der Waals surface area contributed by atoms with Gasteiger partial charge in [-0.25, -0.2) is 4.39 Å². The predicted molar refractivity (Wildman–Crippen MR) is 143 cm³/mol. The number of carbonyl (C=O) groups excluding carboxylic acids is 2. The summed E-state index contributed by atoms with van der Waals surface area (Å²) < 4.78 is 17.4. The predicted octanol–water partition coefficient (Wildman–Crippen LogP) is 5.14. The number of Topliss-reactive ketones (excluding diaryl/α,β-unsaturated/α-hetero) is 1. The zero-order valence-electron chi connectivity index (χ0n) is 19.7. The highest BCUT2D eigenvalue weighted by Gasteiger charge is 2.20. The van der Waals surface area contributed by atoms with Gasteiger partial charge in [-0.05, 0) is 42.5 Å². The first-order valence-corrected chi connectivity index (χ1v) is 12.6. The van der Waals surface area contributed by atoms with Crippen molar-refractivity contribution in [1.29, 1.82) is 0 Å². The van der Waals surface area contributed by atoms with Crippen LogP contribution in [0.25, 0.3) is 11.3 Å². The number of anilines is 1. The summed E-state index contributed by atoms with van der Waals surface area (Å²) in [6.07, 6.45) is 4.51. The monoisotopic (exact) mass is 547 g/mol. The second kappa shape index (κ2) is 10.9. The van der Waals surface area contributed by atoms with E-state index in [1.54, 1.807) is 36.4 Å². The molecule has 0 bridgehead atoms. The zero-order valence-corrected chi connectivity index (χ0v) is 21.2. The van der Waals surface area contributed by atoms with Crippen molar-refractivity contribution < 1.29 is 14.0 Å². The lowest BCUT2D eigenvalue weighted by Gasteiger charge is -2.08.